The molecular weight excluding hydrogens is 292 g/mol. The van der Waals surface area contributed by atoms with Gasteiger partial charge in [0.25, 0.3) is 5.91 Å². The molecule has 0 unspecified atom stereocenters. The second kappa shape index (κ2) is 5.86. The van der Waals surface area contributed by atoms with Gasteiger partial charge in [0, 0.05) is 31.0 Å². The van der Waals surface area contributed by atoms with Gasteiger partial charge in [-0.25, -0.2) is 0 Å². The van der Waals surface area contributed by atoms with Gasteiger partial charge in [-0.05, 0) is 18.6 Å². The minimum atomic E-state index is -0.0684. The Bertz CT molecular complexity index is 650. The normalized spacial score (nSPS) is 27.5. The van der Waals surface area contributed by atoms with Gasteiger partial charge in [-0.3, -0.25) is 4.79 Å². The number of hydrogen-bond donors (Lipinski definition) is 0. The maximum Gasteiger partial charge on any atom is 0.260 e. The summed E-state index contributed by atoms with van der Waals surface area (Å²) in [5.41, 5.74) is 0.409. The van der Waals surface area contributed by atoms with Crippen LogP contribution in [0.4, 0.5) is 0 Å². The highest BCUT2D eigenvalue weighted by Crippen LogP contribution is 2.54. The Morgan fingerprint density at radius 3 is 2.96 bits per heavy atom. The molecule has 1 aliphatic heterocycles. The van der Waals surface area contributed by atoms with Crippen LogP contribution in [-0.2, 0) is 9.53 Å². The monoisotopic (exact) mass is 314 g/mol. The summed E-state index contributed by atoms with van der Waals surface area (Å²) in [7, 11) is 1.84. The minimum absolute atomic E-state index is 0.0316. The fourth-order valence-electron chi connectivity index (χ4n) is 4.17. The maximum atomic E-state index is 12.5. The molecule has 5 nitrogen and oxygen atoms in total. The van der Waals surface area contributed by atoms with Gasteiger partial charge in [0.2, 0.25) is 0 Å². The van der Waals surface area contributed by atoms with Gasteiger partial charge in [0.15, 0.2) is 6.61 Å². The van der Waals surface area contributed by atoms with Crippen molar-refractivity contribution in [2.24, 2.45) is 11.3 Å². The second-order valence-electron chi connectivity index (χ2n) is 6.91. The van der Waals surface area contributed by atoms with E-state index >= 15 is 0 Å². The predicted octanol–water partition coefficient (Wildman–Crippen LogP) is 2.21. The number of carbonyl (C=O) groups is 1. The van der Waals surface area contributed by atoms with Crippen LogP contribution >= 0.6 is 0 Å². The number of carbonyl (C=O) groups excluding carboxylic acids is 1. The standard InChI is InChI=1S/C18H22N2O3/c1-18(2)16(13-8-9-22-17(13)18)20(3)15(21)11-23-14-7-5-4-6-12(14)10-19/h4-7,13,16-17H,8-9,11H2,1-3H3/t13-,16-,17+/m1/s1. The number of amides is 1. The first-order valence-electron chi connectivity index (χ1n) is 7.96. The molecule has 5 heteroatoms. The third-order valence-electron chi connectivity index (χ3n) is 5.21. The van der Waals surface area contributed by atoms with Crippen molar-refractivity contribution in [1.29, 1.82) is 5.26 Å². The van der Waals surface area contributed by atoms with E-state index in [9.17, 15) is 4.79 Å². The Morgan fingerprint density at radius 2 is 2.22 bits per heavy atom. The van der Waals surface area contributed by atoms with Crippen molar-refractivity contribution >= 4 is 5.91 Å². The van der Waals surface area contributed by atoms with E-state index in [4.69, 9.17) is 14.7 Å². The number of ether oxygens (including phenoxy) is 2. The van der Waals surface area contributed by atoms with Crippen LogP contribution in [-0.4, -0.2) is 43.2 Å². The molecule has 1 amide bonds. The lowest BCUT2D eigenvalue weighted by Crippen LogP contribution is -2.67. The molecule has 1 aromatic carbocycles. The first kappa shape index (κ1) is 15.8. The highest BCUT2D eigenvalue weighted by Gasteiger charge is 2.61. The van der Waals surface area contributed by atoms with Gasteiger partial charge >= 0.3 is 0 Å². The lowest BCUT2D eigenvalue weighted by Gasteiger charge is -2.57. The first-order valence-corrected chi connectivity index (χ1v) is 7.96. The highest BCUT2D eigenvalue weighted by atomic mass is 16.5. The van der Waals surface area contributed by atoms with Gasteiger partial charge in [0.1, 0.15) is 11.8 Å². The van der Waals surface area contributed by atoms with Crippen LogP contribution in [0.15, 0.2) is 24.3 Å². The molecule has 0 spiro atoms. The fraction of sp³-hybridized carbons (Fsp3) is 0.556. The average molecular weight is 314 g/mol. The zero-order valence-electron chi connectivity index (χ0n) is 13.8. The first-order chi connectivity index (χ1) is 11.0. The van der Waals surface area contributed by atoms with E-state index < -0.39 is 0 Å². The number of hydrogen-bond acceptors (Lipinski definition) is 4. The molecule has 2 fully saturated rings. The topological polar surface area (TPSA) is 62.6 Å². The van der Waals surface area contributed by atoms with E-state index in [1.54, 1.807) is 29.2 Å². The summed E-state index contributed by atoms with van der Waals surface area (Å²) in [6.07, 6.45) is 1.26. The van der Waals surface area contributed by atoms with Crippen molar-refractivity contribution in [1.82, 2.24) is 4.90 Å². The van der Waals surface area contributed by atoms with Gasteiger partial charge in [-0.2, -0.15) is 5.26 Å². The molecule has 0 N–H and O–H groups in total. The second-order valence-corrected chi connectivity index (χ2v) is 6.91. The zero-order valence-corrected chi connectivity index (χ0v) is 13.8. The van der Waals surface area contributed by atoms with Crippen molar-refractivity contribution in [2.75, 3.05) is 20.3 Å². The third-order valence-corrected chi connectivity index (χ3v) is 5.21. The van der Waals surface area contributed by atoms with Crippen LogP contribution in [0.1, 0.15) is 25.8 Å². The summed E-state index contributed by atoms with van der Waals surface area (Å²) in [6, 6.07) is 9.20. The fourth-order valence-corrected chi connectivity index (χ4v) is 4.17. The van der Waals surface area contributed by atoms with Gasteiger partial charge in [-0.15, -0.1) is 0 Å². The van der Waals surface area contributed by atoms with E-state index in [1.165, 1.54) is 0 Å². The summed E-state index contributed by atoms with van der Waals surface area (Å²) in [4.78, 5) is 14.3. The molecule has 1 heterocycles. The molecule has 23 heavy (non-hydrogen) atoms. The zero-order chi connectivity index (χ0) is 16.6. The molecule has 122 valence electrons. The van der Waals surface area contributed by atoms with Crippen molar-refractivity contribution in [3.8, 4) is 11.8 Å². The van der Waals surface area contributed by atoms with E-state index in [2.05, 4.69) is 19.9 Å². The third kappa shape index (κ3) is 2.57. The van der Waals surface area contributed by atoms with Crippen molar-refractivity contribution in [3.05, 3.63) is 29.8 Å². The molecule has 0 bridgehead atoms. The largest absolute Gasteiger partial charge is 0.482 e. The number of likely N-dealkylation sites (N-methyl/N-ethyl adjacent to an activating group) is 1. The van der Waals surface area contributed by atoms with Crippen LogP contribution in [0.2, 0.25) is 0 Å². The number of para-hydroxylation sites is 1. The summed E-state index contributed by atoms with van der Waals surface area (Å²) < 4.78 is 11.3. The Morgan fingerprint density at radius 1 is 1.48 bits per heavy atom. The minimum Gasteiger partial charge on any atom is -0.482 e. The predicted molar refractivity (Wildman–Crippen MR) is 84.8 cm³/mol. The lowest BCUT2D eigenvalue weighted by molar-refractivity contribution is -0.168. The molecule has 3 atom stereocenters. The van der Waals surface area contributed by atoms with Crippen molar-refractivity contribution in [2.45, 2.75) is 32.4 Å². The number of fused-ring (bicyclic) bond motifs is 1. The maximum absolute atomic E-state index is 12.5. The van der Waals surface area contributed by atoms with Crippen molar-refractivity contribution in [3.63, 3.8) is 0 Å². The van der Waals surface area contributed by atoms with E-state index in [0.29, 0.717) is 17.2 Å². The summed E-state index contributed by atoms with van der Waals surface area (Å²) in [6.45, 7) is 5.03. The highest BCUT2D eigenvalue weighted by molar-refractivity contribution is 5.78. The molecule has 0 radical (unpaired) electrons. The molecule has 1 aliphatic carbocycles. The molecule has 3 rings (SSSR count). The number of rotatable bonds is 4. The van der Waals surface area contributed by atoms with Gasteiger partial charge in [0.05, 0.1) is 11.7 Å². The van der Waals surface area contributed by atoms with Gasteiger partial charge in [-0.1, -0.05) is 26.0 Å². The Hall–Kier alpha value is -2.06. The van der Waals surface area contributed by atoms with Crippen LogP contribution in [0.5, 0.6) is 5.75 Å². The van der Waals surface area contributed by atoms with E-state index in [-0.39, 0.29) is 30.1 Å². The van der Waals surface area contributed by atoms with E-state index in [0.717, 1.165) is 13.0 Å². The van der Waals surface area contributed by atoms with Crippen LogP contribution in [0.3, 0.4) is 0 Å². The molecule has 1 saturated carbocycles. The molecule has 0 aromatic heterocycles. The van der Waals surface area contributed by atoms with Gasteiger partial charge < -0.3 is 14.4 Å². The van der Waals surface area contributed by atoms with Crippen LogP contribution < -0.4 is 4.74 Å². The average Bonchev–Trinajstić information content (AvgIpc) is 2.99. The smallest absolute Gasteiger partial charge is 0.260 e. The molecule has 1 aromatic rings. The molecule has 2 aliphatic rings. The quantitative estimate of drug-likeness (QED) is 0.855. The number of nitriles is 1. The van der Waals surface area contributed by atoms with Crippen molar-refractivity contribution < 1.29 is 14.3 Å². The summed E-state index contributed by atoms with van der Waals surface area (Å²) >= 11 is 0. The Balaban J connectivity index is 1.64. The Labute approximate surface area is 136 Å². The lowest BCUT2D eigenvalue weighted by atomic mass is 9.57. The number of nitrogens with zero attached hydrogens (tertiary/aromatic N) is 2. The summed E-state index contributed by atoms with van der Waals surface area (Å²) in [5.74, 6) is 0.804. The molecule has 1 saturated heterocycles. The van der Waals surface area contributed by atoms with E-state index in [1.807, 2.05) is 7.05 Å². The Kier molecular flexibility index (Phi) is 4.03. The summed E-state index contributed by atoms with van der Waals surface area (Å²) in [5, 5.41) is 9.06. The van der Waals surface area contributed by atoms with Crippen LogP contribution in [0, 0.1) is 22.7 Å². The molecular formula is C18H22N2O3. The SMILES string of the molecule is CN(C(=O)COc1ccccc1C#N)[C@@H]1[C@H]2CCO[C@@H]2C1(C)C. The number of benzene rings is 1. The van der Waals surface area contributed by atoms with Crippen LogP contribution in [0.25, 0.3) is 0 Å².